The molecule has 1 aliphatic heterocycles. The molecule has 0 radical (unpaired) electrons. The van der Waals surface area contributed by atoms with Gasteiger partial charge in [-0.05, 0) is 38.3 Å². The molecule has 0 aliphatic carbocycles. The van der Waals surface area contributed by atoms with Crippen molar-refractivity contribution in [1.82, 2.24) is 9.88 Å². The monoisotopic (exact) mass is 297 g/mol. The smallest absolute Gasteiger partial charge is 0.126 e. The number of rotatable bonds is 6. The summed E-state index contributed by atoms with van der Waals surface area (Å²) in [5.41, 5.74) is 1.02. The molecule has 0 saturated carbocycles. The Morgan fingerprint density at radius 3 is 2.77 bits per heavy atom. The van der Waals surface area contributed by atoms with E-state index in [2.05, 4.69) is 27.3 Å². The Morgan fingerprint density at radius 1 is 1.36 bits per heavy atom. The maximum absolute atomic E-state index is 9.15. The summed E-state index contributed by atoms with van der Waals surface area (Å²) in [4.78, 5) is 6.82. The van der Waals surface area contributed by atoms with Crippen LogP contribution in [-0.4, -0.2) is 35.6 Å². The van der Waals surface area contributed by atoms with Crippen molar-refractivity contribution in [3.05, 3.63) is 23.9 Å². The third-order valence-corrected chi connectivity index (χ3v) is 4.09. The molecule has 0 amide bonds. The van der Waals surface area contributed by atoms with Gasteiger partial charge in [-0.25, -0.2) is 4.98 Å². The van der Waals surface area contributed by atoms with Crippen molar-refractivity contribution in [1.29, 1.82) is 10.5 Å². The molecule has 116 valence electrons. The highest BCUT2D eigenvalue weighted by Gasteiger charge is 2.21. The number of anilines is 1. The van der Waals surface area contributed by atoms with Gasteiger partial charge in [0.05, 0.1) is 18.1 Å². The van der Waals surface area contributed by atoms with Gasteiger partial charge in [-0.3, -0.25) is 0 Å². The van der Waals surface area contributed by atoms with E-state index in [4.69, 9.17) is 10.5 Å². The summed E-state index contributed by atoms with van der Waals surface area (Å²) < 4.78 is 0. The van der Waals surface area contributed by atoms with Crippen LogP contribution in [0, 0.1) is 35.5 Å². The number of nitrogens with zero attached hydrogens (tertiary/aromatic N) is 4. The second-order valence-corrected chi connectivity index (χ2v) is 5.91. The van der Waals surface area contributed by atoms with Crippen molar-refractivity contribution in [2.24, 2.45) is 5.92 Å². The van der Waals surface area contributed by atoms with E-state index in [1.807, 2.05) is 25.1 Å². The molecule has 0 spiro atoms. The van der Waals surface area contributed by atoms with Gasteiger partial charge in [0.1, 0.15) is 5.82 Å². The topological polar surface area (TPSA) is 75.7 Å². The van der Waals surface area contributed by atoms with Crippen LogP contribution in [-0.2, 0) is 0 Å². The Labute approximate surface area is 132 Å². The average Bonchev–Trinajstić information content (AvgIpc) is 2.53. The van der Waals surface area contributed by atoms with Gasteiger partial charge in [0.2, 0.25) is 0 Å². The molecule has 1 aromatic rings. The number of aromatic nitrogens is 1. The van der Waals surface area contributed by atoms with Crippen molar-refractivity contribution < 1.29 is 0 Å². The molecule has 22 heavy (non-hydrogen) atoms. The van der Waals surface area contributed by atoms with Crippen molar-refractivity contribution >= 4 is 5.82 Å². The maximum atomic E-state index is 9.15. The first-order chi connectivity index (χ1) is 10.7. The molecular formula is C17H23N5. The van der Waals surface area contributed by atoms with Crippen LogP contribution in [0.2, 0.25) is 0 Å². The Morgan fingerprint density at radius 2 is 2.14 bits per heavy atom. The highest BCUT2D eigenvalue weighted by molar-refractivity contribution is 5.36. The van der Waals surface area contributed by atoms with E-state index in [1.54, 1.807) is 0 Å². The third kappa shape index (κ3) is 5.02. The molecule has 1 fully saturated rings. The van der Waals surface area contributed by atoms with Crippen LogP contribution in [0.1, 0.15) is 31.4 Å². The van der Waals surface area contributed by atoms with Gasteiger partial charge in [-0.2, -0.15) is 10.5 Å². The molecule has 2 rings (SSSR count). The van der Waals surface area contributed by atoms with E-state index in [0.717, 1.165) is 44.0 Å². The average molecular weight is 297 g/mol. The van der Waals surface area contributed by atoms with Crippen LogP contribution in [0.5, 0.6) is 0 Å². The first kappa shape index (κ1) is 16.3. The molecule has 1 saturated heterocycles. The minimum Gasteiger partial charge on any atom is -0.367 e. The zero-order chi connectivity index (χ0) is 15.8. The fourth-order valence-corrected chi connectivity index (χ4v) is 2.84. The maximum Gasteiger partial charge on any atom is 0.126 e. The van der Waals surface area contributed by atoms with Crippen LogP contribution in [0.15, 0.2) is 18.2 Å². The molecule has 5 heteroatoms. The number of hydrogen-bond donors (Lipinski definition) is 1. The van der Waals surface area contributed by atoms with E-state index in [0.29, 0.717) is 18.9 Å². The molecule has 0 bridgehead atoms. The lowest BCUT2D eigenvalue weighted by Crippen LogP contribution is -2.41. The number of pyridine rings is 1. The fourth-order valence-electron chi connectivity index (χ4n) is 2.84. The minimum atomic E-state index is -0.0254. The molecule has 0 aromatic carbocycles. The normalized spacial score (nSPS) is 17.4. The molecule has 1 aromatic heterocycles. The zero-order valence-corrected chi connectivity index (χ0v) is 13.1. The van der Waals surface area contributed by atoms with Crippen molar-refractivity contribution in [3.8, 4) is 12.1 Å². The molecule has 0 unspecified atom stereocenters. The predicted octanol–water partition coefficient (Wildman–Crippen LogP) is 2.71. The standard InChI is InChI=1S/C17H23N5/c1-14-4-2-6-17(20-14)21-16-7-10-22(11-8-16)13-15(12-19)5-3-9-18/h2,4,6,15-16H,3,5,7-8,10-11,13H2,1H3,(H,20,21)/t15-/m0/s1. The van der Waals surface area contributed by atoms with Gasteiger partial charge in [-0.1, -0.05) is 6.07 Å². The second-order valence-electron chi connectivity index (χ2n) is 5.91. The second kappa shape index (κ2) is 8.36. The van der Waals surface area contributed by atoms with Crippen LogP contribution in [0.3, 0.4) is 0 Å². The van der Waals surface area contributed by atoms with Gasteiger partial charge in [0, 0.05) is 37.8 Å². The van der Waals surface area contributed by atoms with Gasteiger partial charge >= 0.3 is 0 Å². The van der Waals surface area contributed by atoms with Crippen molar-refractivity contribution in [3.63, 3.8) is 0 Å². The fraction of sp³-hybridized carbons (Fsp3) is 0.588. The Kier molecular flexibility index (Phi) is 6.18. The quantitative estimate of drug-likeness (QED) is 0.873. The highest BCUT2D eigenvalue weighted by atomic mass is 15.1. The van der Waals surface area contributed by atoms with Gasteiger partial charge in [0.25, 0.3) is 0 Å². The highest BCUT2D eigenvalue weighted by Crippen LogP contribution is 2.17. The molecule has 5 nitrogen and oxygen atoms in total. The SMILES string of the molecule is Cc1cccc(NC2CCN(C[C@H](C#N)CCC#N)CC2)n1. The molecular weight excluding hydrogens is 274 g/mol. The van der Waals surface area contributed by atoms with Crippen molar-refractivity contribution in [2.45, 2.75) is 38.6 Å². The largest absolute Gasteiger partial charge is 0.367 e. The lowest BCUT2D eigenvalue weighted by atomic mass is 10.0. The van der Waals surface area contributed by atoms with Crippen LogP contribution < -0.4 is 5.32 Å². The first-order valence-electron chi connectivity index (χ1n) is 7.90. The Bertz CT molecular complexity index is 549. The number of nitrogens with one attached hydrogen (secondary N) is 1. The Balaban J connectivity index is 1.76. The summed E-state index contributed by atoms with van der Waals surface area (Å²) in [6, 6.07) is 10.9. The third-order valence-electron chi connectivity index (χ3n) is 4.09. The Hall–Kier alpha value is -2.11. The summed E-state index contributed by atoms with van der Waals surface area (Å²) in [5.74, 6) is 0.921. The summed E-state index contributed by atoms with van der Waals surface area (Å²) in [5, 5.41) is 21.3. The summed E-state index contributed by atoms with van der Waals surface area (Å²) in [6.07, 6.45) is 3.27. The number of likely N-dealkylation sites (tertiary alicyclic amines) is 1. The lowest BCUT2D eigenvalue weighted by Gasteiger charge is -2.33. The van der Waals surface area contributed by atoms with E-state index in [9.17, 15) is 0 Å². The van der Waals surface area contributed by atoms with Gasteiger partial charge in [-0.15, -0.1) is 0 Å². The molecule has 2 heterocycles. The van der Waals surface area contributed by atoms with Crippen LogP contribution >= 0.6 is 0 Å². The van der Waals surface area contributed by atoms with Crippen molar-refractivity contribution in [2.75, 3.05) is 25.0 Å². The molecule has 1 N–H and O–H groups in total. The first-order valence-corrected chi connectivity index (χ1v) is 7.90. The van der Waals surface area contributed by atoms with E-state index in [-0.39, 0.29) is 5.92 Å². The summed E-state index contributed by atoms with van der Waals surface area (Å²) in [7, 11) is 0. The molecule has 1 aliphatic rings. The molecule has 1 atom stereocenters. The van der Waals surface area contributed by atoms with Gasteiger partial charge in [0.15, 0.2) is 0 Å². The predicted molar refractivity (Wildman–Crippen MR) is 86.0 cm³/mol. The minimum absolute atomic E-state index is 0.0254. The zero-order valence-electron chi connectivity index (χ0n) is 13.1. The summed E-state index contributed by atoms with van der Waals surface area (Å²) in [6.45, 7) is 4.77. The number of hydrogen-bond acceptors (Lipinski definition) is 5. The number of nitriles is 2. The summed E-state index contributed by atoms with van der Waals surface area (Å²) >= 11 is 0. The van der Waals surface area contributed by atoms with Crippen LogP contribution in [0.25, 0.3) is 0 Å². The lowest BCUT2D eigenvalue weighted by molar-refractivity contribution is 0.199. The van der Waals surface area contributed by atoms with E-state index in [1.165, 1.54) is 0 Å². The van der Waals surface area contributed by atoms with Crippen LogP contribution in [0.4, 0.5) is 5.82 Å². The van der Waals surface area contributed by atoms with Gasteiger partial charge < -0.3 is 10.2 Å². The van der Waals surface area contributed by atoms with E-state index >= 15 is 0 Å². The number of piperidine rings is 1. The number of aryl methyl sites for hydroxylation is 1. The van der Waals surface area contributed by atoms with E-state index < -0.39 is 0 Å².